The lowest BCUT2D eigenvalue weighted by molar-refractivity contribution is -0.113. The maximum absolute atomic E-state index is 10.1. The van der Waals surface area contributed by atoms with Gasteiger partial charge in [0.25, 0.3) is 0 Å². The van der Waals surface area contributed by atoms with Crippen molar-refractivity contribution in [1.82, 2.24) is 4.90 Å². The molecule has 3 aliphatic rings. The molecular formula is C9H17NO. The first-order valence-electron chi connectivity index (χ1n) is 4.69. The Morgan fingerprint density at radius 2 is 2.09 bits per heavy atom. The van der Waals surface area contributed by atoms with E-state index < -0.39 is 0 Å². The molecule has 2 bridgehead atoms. The minimum Gasteiger partial charge on any atom is -0.388 e. The molecule has 0 radical (unpaired) electrons. The summed E-state index contributed by atoms with van der Waals surface area (Å²) in [5.41, 5.74) is -0.337. The summed E-state index contributed by atoms with van der Waals surface area (Å²) in [4.78, 5) is 2.39. The minimum absolute atomic E-state index is 0.337. The standard InChI is InChI=1S/C9H17NO/c1-2-9(11)7-10-5-3-8(9)4-6-10/h8,11H,2-7H2,1H3/t9-/m0/s1. The lowest BCUT2D eigenvalue weighted by Gasteiger charge is -2.50. The first kappa shape index (κ1) is 7.56. The molecule has 3 rings (SSSR count). The van der Waals surface area contributed by atoms with Gasteiger partial charge in [-0.3, -0.25) is 0 Å². The van der Waals surface area contributed by atoms with E-state index in [2.05, 4.69) is 11.8 Å². The minimum atomic E-state index is -0.337. The lowest BCUT2D eigenvalue weighted by atomic mass is 9.74. The van der Waals surface area contributed by atoms with Crippen LogP contribution in [0.25, 0.3) is 0 Å². The Kier molecular flexibility index (Phi) is 1.69. The average molecular weight is 155 g/mol. The number of aliphatic hydroxyl groups is 1. The number of hydrogen-bond acceptors (Lipinski definition) is 2. The van der Waals surface area contributed by atoms with Crippen molar-refractivity contribution in [2.45, 2.75) is 31.8 Å². The molecule has 11 heavy (non-hydrogen) atoms. The molecule has 2 heteroatoms. The van der Waals surface area contributed by atoms with Crippen molar-refractivity contribution in [2.75, 3.05) is 19.6 Å². The van der Waals surface area contributed by atoms with Crippen LogP contribution in [0.1, 0.15) is 26.2 Å². The third kappa shape index (κ3) is 1.09. The quantitative estimate of drug-likeness (QED) is 0.607. The van der Waals surface area contributed by atoms with Crippen LogP contribution in [0.5, 0.6) is 0 Å². The summed E-state index contributed by atoms with van der Waals surface area (Å²) in [6, 6.07) is 0. The van der Waals surface area contributed by atoms with Crippen LogP contribution >= 0.6 is 0 Å². The lowest BCUT2D eigenvalue weighted by Crippen LogP contribution is -2.58. The van der Waals surface area contributed by atoms with Crippen molar-refractivity contribution in [1.29, 1.82) is 0 Å². The summed E-state index contributed by atoms with van der Waals surface area (Å²) in [6.07, 6.45) is 3.35. The molecule has 3 heterocycles. The van der Waals surface area contributed by atoms with E-state index in [0.29, 0.717) is 5.92 Å². The molecule has 0 spiro atoms. The van der Waals surface area contributed by atoms with Crippen molar-refractivity contribution in [3.63, 3.8) is 0 Å². The van der Waals surface area contributed by atoms with Crippen molar-refractivity contribution in [3.8, 4) is 0 Å². The van der Waals surface area contributed by atoms with Gasteiger partial charge >= 0.3 is 0 Å². The van der Waals surface area contributed by atoms with Gasteiger partial charge in [-0.15, -0.1) is 0 Å². The van der Waals surface area contributed by atoms with Gasteiger partial charge in [0.15, 0.2) is 0 Å². The largest absolute Gasteiger partial charge is 0.388 e. The zero-order valence-corrected chi connectivity index (χ0v) is 7.21. The molecule has 0 aliphatic carbocycles. The predicted octanol–water partition coefficient (Wildman–Crippen LogP) is 0.853. The smallest absolute Gasteiger partial charge is 0.0800 e. The Balaban J connectivity index is 2.13. The van der Waals surface area contributed by atoms with Crippen molar-refractivity contribution in [3.05, 3.63) is 0 Å². The highest BCUT2D eigenvalue weighted by atomic mass is 16.3. The molecule has 3 fully saturated rings. The summed E-state index contributed by atoms with van der Waals surface area (Å²) in [7, 11) is 0. The molecule has 3 saturated heterocycles. The Bertz CT molecular complexity index is 152. The zero-order chi connectivity index (χ0) is 7.90. The summed E-state index contributed by atoms with van der Waals surface area (Å²) in [5.74, 6) is 0.595. The van der Waals surface area contributed by atoms with Crippen LogP contribution in [0.4, 0.5) is 0 Å². The monoisotopic (exact) mass is 155 g/mol. The van der Waals surface area contributed by atoms with Gasteiger partial charge in [0.05, 0.1) is 5.60 Å². The molecular weight excluding hydrogens is 138 g/mol. The highest BCUT2D eigenvalue weighted by Gasteiger charge is 2.43. The second kappa shape index (κ2) is 2.46. The van der Waals surface area contributed by atoms with E-state index in [9.17, 15) is 5.11 Å². The fourth-order valence-electron chi connectivity index (χ4n) is 2.55. The van der Waals surface area contributed by atoms with Gasteiger partial charge in [0, 0.05) is 6.54 Å². The van der Waals surface area contributed by atoms with Crippen LogP contribution in [0.15, 0.2) is 0 Å². The van der Waals surface area contributed by atoms with Crippen molar-refractivity contribution < 1.29 is 5.11 Å². The van der Waals surface area contributed by atoms with E-state index in [0.717, 1.165) is 13.0 Å². The fraction of sp³-hybridized carbons (Fsp3) is 1.00. The molecule has 0 aromatic heterocycles. The third-order valence-electron chi connectivity index (χ3n) is 3.46. The highest BCUT2D eigenvalue weighted by molar-refractivity contribution is 4.97. The average Bonchev–Trinajstić information content (AvgIpc) is 2.06. The van der Waals surface area contributed by atoms with E-state index in [1.54, 1.807) is 0 Å². The summed E-state index contributed by atoms with van der Waals surface area (Å²) >= 11 is 0. The fourth-order valence-corrected chi connectivity index (χ4v) is 2.55. The van der Waals surface area contributed by atoms with Crippen LogP contribution in [0, 0.1) is 5.92 Å². The van der Waals surface area contributed by atoms with E-state index >= 15 is 0 Å². The van der Waals surface area contributed by atoms with E-state index in [1.807, 2.05) is 0 Å². The Labute approximate surface area is 68.2 Å². The van der Waals surface area contributed by atoms with Gasteiger partial charge in [0.1, 0.15) is 0 Å². The Hall–Kier alpha value is -0.0800. The number of fused-ring (bicyclic) bond motifs is 3. The molecule has 0 amide bonds. The molecule has 64 valence electrons. The van der Waals surface area contributed by atoms with Crippen LogP contribution in [-0.2, 0) is 0 Å². The topological polar surface area (TPSA) is 23.5 Å². The Morgan fingerprint density at radius 1 is 1.45 bits per heavy atom. The van der Waals surface area contributed by atoms with Gasteiger partial charge in [-0.2, -0.15) is 0 Å². The SMILES string of the molecule is CC[C@]1(O)CN2CCC1CC2. The molecule has 2 nitrogen and oxygen atoms in total. The zero-order valence-electron chi connectivity index (χ0n) is 7.21. The van der Waals surface area contributed by atoms with Gasteiger partial charge < -0.3 is 10.0 Å². The Morgan fingerprint density at radius 3 is 2.36 bits per heavy atom. The number of piperidine rings is 3. The van der Waals surface area contributed by atoms with Gasteiger partial charge in [-0.1, -0.05) is 6.92 Å². The predicted molar refractivity (Wildman–Crippen MR) is 44.4 cm³/mol. The van der Waals surface area contributed by atoms with Gasteiger partial charge in [0.2, 0.25) is 0 Å². The maximum Gasteiger partial charge on any atom is 0.0800 e. The normalized spacial score (nSPS) is 49.6. The molecule has 0 aromatic rings. The molecule has 1 N–H and O–H groups in total. The van der Waals surface area contributed by atoms with Crippen molar-refractivity contribution >= 4 is 0 Å². The third-order valence-corrected chi connectivity index (χ3v) is 3.46. The maximum atomic E-state index is 10.1. The van der Waals surface area contributed by atoms with E-state index in [-0.39, 0.29) is 5.60 Å². The second-order valence-corrected chi connectivity index (χ2v) is 4.01. The molecule has 0 aromatic carbocycles. The molecule has 1 atom stereocenters. The first-order chi connectivity index (χ1) is 5.24. The number of rotatable bonds is 1. The van der Waals surface area contributed by atoms with E-state index in [1.165, 1.54) is 25.9 Å². The number of hydrogen-bond donors (Lipinski definition) is 1. The number of nitrogens with zero attached hydrogens (tertiary/aromatic N) is 1. The van der Waals surface area contributed by atoms with Crippen molar-refractivity contribution in [2.24, 2.45) is 5.92 Å². The molecule has 0 saturated carbocycles. The summed E-state index contributed by atoms with van der Waals surface area (Å²) < 4.78 is 0. The molecule has 0 unspecified atom stereocenters. The van der Waals surface area contributed by atoms with Crippen LogP contribution in [0.3, 0.4) is 0 Å². The highest BCUT2D eigenvalue weighted by Crippen LogP contribution is 2.37. The van der Waals surface area contributed by atoms with Gasteiger partial charge in [-0.25, -0.2) is 0 Å². The first-order valence-corrected chi connectivity index (χ1v) is 4.69. The summed E-state index contributed by atoms with van der Waals surface area (Å²) in [6.45, 7) is 5.45. The second-order valence-electron chi connectivity index (χ2n) is 4.01. The molecule has 3 aliphatic heterocycles. The van der Waals surface area contributed by atoms with E-state index in [4.69, 9.17) is 0 Å². The van der Waals surface area contributed by atoms with Crippen LogP contribution < -0.4 is 0 Å². The van der Waals surface area contributed by atoms with Gasteiger partial charge in [-0.05, 0) is 38.3 Å². The van der Waals surface area contributed by atoms with Crippen LogP contribution in [0.2, 0.25) is 0 Å². The summed E-state index contributed by atoms with van der Waals surface area (Å²) in [5, 5.41) is 10.1. The van der Waals surface area contributed by atoms with Crippen LogP contribution in [-0.4, -0.2) is 35.2 Å².